The zero-order valence-corrected chi connectivity index (χ0v) is 17.7. The highest BCUT2D eigenvalue weighted by Gasteiger charge is 2.31. The first kappa shape index (κ1) is 20.3. The molecular weight excluding hydrogens is 390 g/mol. The summed E-state index contributed by atoms with van der Waals surface area (Å²) >= 11 is 0. The monoisotopic (exact) mass is 419 g/mol. The summed E-state index contributed by atoms with van der Waals surface area (Å²) in [5, 5.41) is 0. The van der Waals surface area contributed by atoms with Crippen molar-refractivity contribution in [3.8, 4) is 0 Å². The van der Waals surface area contributed by atoms with E-state index < -0.39 is 10.0 Å². The van der Waals surface area contributed by atoms with Crippen LogP contribution in [0.25, 0.3) is 0 Å². The summed E-state index contributed by atoms with van der Waals surface area (Å²) in [6, 6.07) is 5.02. The van der Waals surface area contributed by atoms with E-state index in [2.05, 4.69) is 11.6 Å². The number of anilines is 1. The molecule has 0 spiro atoms. The van der Waals surface area contributed by atoms with Crippen LogP contribution in [0.5, 0.6) is 0 Å². The molecule has 29 heavy (non-hydrogen) atoms. The van der Waals surface area contributed by atoms with Gasteiger partial charge >= 0.3 is 0 Å². The molecule has 3 aliphatic rings. The summed E-state index contributed by atoms with van der Waals surface area (Å²) in [5.74, 6) is 0.640. The van der Waals surface area contributed by atoms with Crippen LogP contribution >= 0.6 is 0 Å². The third-order valence-electron chi connectivity index (χ3n) is 6.15. The molecule has 1 saturated heterocycles. The molecule has 2 heterocycles. The average molecular weight is 420 g/mol. The Hall–Kier alpha value is -1.93. The smallest absolute Gasteiger partial charge is 0.240 e. The minimum absolute atomic E-state index is 0.0530. The van der Waals surface area contributed by atoms with Gasteiger partial charge in [0.2, 0.25) is 21.8 Å². The topological polar surface area (TPSA) is 86.8 Å². The number of rotatable bonds is 6. The van der Waals surface area contributed by atoms with Crippen LogP contribution in [0.2, 0.25) is 0 Å². The van der Waals surface area contributed by atoms with Gasteiger partial charge < -0.3 is 9.80 Å². The predicted octanol–water partition coefficient (Wildman–Crippen LogP) is 2.06. The number of piperidine rings is 1. The zero-order valence-electron chi connectivity index (χ0n) is 16.9. The highest BCUT2D eigenvalue weighted by Crippen LogP contribution is 2.31. The molecular formula is C21H29N3O4S. The lowest BCUT2D eigenvalue weighted by Crippen LogP contribution is -2.38. The van der Waals surface area contributed by atoms with Crippen LogP contribution in [0.4, 0.5) is 5.69 Å². The lowest BCUT2D eigenvalue weighted by atomic mass is 9.99. The SMILES string of the molecule is CC1CCN(C(=O)CCC(=O)N2CCc3cc(S(=O)(=O)NC4CC4)ccc32)CC1. The van der Waals surface area contributed by atoms with Gasteiger partial charge in [0.05, 0.1) is 4.90 Å². The molecule has 2 aliphatic heterocycles. The van der Waals surface area contributed by atoms with Crippen LogP contribution in [0.15, 0.2) is 23.1 Å². The lowest BCUT2D eigenvalue weighted by Gasteiger charge is -2.30. The normalized spacial score (nSPS) is 20.0. The number of nitrogens with one attached hydrogen (secondary N) is 1. The Balaban J connectivity index is 1.36. The lowest BCUT2D eigenvalue weighted by molar-refractivity contribution is -0.134. The van der Waals surface area contributed by atoms with E-state index in [1.807, 2.05) is 4.90 Å². The van der Waals surface area contributed by atoms with Gasteiger partial charge in [-0.25, -0.2) is 13.1 Å². The fourth-order valence-electron chi connectivity index (χ4n) is 4.06. The van der Waals surface area contributed by atoms with Gasteiger partial charge in [0, 0.05) is 44.2 Å². The zero-order chi connectivity index (χ0) is 20.6. The van der Waals surface area contributed by atoms with Crippen molar-refractivity contribution in [1.29, 1.82) is 0 Å². The third kappa shape index (κ3) is 4.64. The second kappa shape index (κ2) is 8.07. The Morgan fingerprint density at radius 1 is 1.03 bits per heavy atom. The fraction of sp³-hybridized carbons (Fsp3) is 0.619. The molecule has 1 N–H and O–H groups in total. The third-order valence-corrected chi connectivity index (χ3v) is 7.66. The summed E-state index contributed by atoms with van der Waals surface area (Å²) in [6.45, 7) is 4.30. The number of carbonyl (C=O) groups excluding carboxylic acids is 2. The van der Waals surface area contributed by atoms with E-state index in [-0.39, 0.29) is 35.6 Å². The Kier molecular flexibility index (Phi) is 5.66. The number of benzene rings is 1. The van der Waals surface area contributed by atoms with E-state index in [1.54, 1.807) is 23.1 Å². The van der Waals surface area contributed by atoms with E-state index in [1.165, 1.54) is 0 Å². The number of amides is 2. The maximum absolute atomic E-state index is 12.7. The van der Waals surface area contributed by atoms with Gasteiger partial charge in [0.25, 0.3) is 0 Å². The van der Waals surface area contributed by atoms with Gasteiger partial charge in [-0.05, 0) is 61.8 Å². The summed E-state index contributed by atoms with van der Waals surface area (Å²) in [6.07, 6.45) is 4.89. The van der Waals surface area contributed by atoms with E-state index in [0.717, 1.165) is 50.0 Å². The molecule has 1 aromatic rings. The van der Waals surface area contributed by atoms with E-state index in [9.17, 15) is 18.0 Å². The molecule has 0 unspecified atom stereocenters. The van der Waals surface area contributed by atoms with E-state index in [0.29, 0.717) is 18.9 Å². The average Bonchev–Trinajstić information content (AvgIpc) is 3.40. The van der Waals surface area contributed by atoms with Gasteiger partial charge in [-0.15, -0.1) is 0 Å². The van der Waals surface area contributed by atoms with Crippen molar-refractivity contribution in [2.75, 3.05) is 24.5 Å². The van der Waals surface area contributed by atoms with Crippen molar-refractivity contribution in [2.45, 2.75) is 62.8 Å². The Labute approximate surface area is 172 Å². The van der Waals surface area contributed by atoms with E-state index >= 15 is 0 Å². The standard InChI is InChI=1S/C21H29N3O4S/c1-15-8-11-23(12-9-15)20(25)6-7-21(26)24-13-10-16-14-18(4-5-19(16)24)29(27,28)22-17-2-3-17/h4-5,14-15,17,22H,2-3,6-13H2,1H3. The molecule has 158 valence electrons. The molecule has 2 fully saturated rings. The van der Waals surface area contributed by atoms with Crippen molar-refractivity contribution >= 4 is 27.5 Å². The number of hydrogen-bond donors (Lipinski definition) is 1. The number of hydrogen-bond acceptors (Lipinski definition) is 4. The van der Waals surface area contributed by atoms with Crippen LogP contribution < -0.4 is 9.62 Å². The van der Waals surface area contributed by atoms with Crippen LogP contribution in [-0.4, -0.2) is 50.8 Å². The molecule has 8 heteroatoms. The van der Waals surface area contributed by atoms with Gasteiger partial charge in [-0.3, -0.25) is 9.59 Å². The van der Waals surface area contributed by atoms with Crippen molar-refractivity contribution < 1.29 is 18.0 Å². The Bertz CT molecular complexity index is 903. The first-order valence-electron chi connectivity index (χ1n) is 10.6. The van der Waals surface area contributed by atoms with Crippen molar-refractivity contribution in [3.63, 3.8) is 0 Å². The highest BCUT2D eigenvalue weighted by molar-refractivity contribution is 7.89. The van der Waals surface area contributed by atoms with Crippen LogP contribution in [0.1, 0.15) is 51.0 Å². The minimum Gasteiger partial charge on any atom is -0.343 e. The summed E-state index contributed by atoms with van der Waals surface area (Å²) in [7, 11) is -3.50. The van der Waals surface area contributed by atoms with Crippen LogP contribution in [0, 0.1) is 5.92 Å². The molecule has 1 aromatic carbocycles. The number of likely N-dealkylation sites (tertiary alicyclic amines) is 1. The van der Waals surface area contributed by atoms with Gasteiger partial charge in [-0.1, -0.05) is 6.92 Å². The predicted molar refractivity (Wildman–Crippen MR) is 110 cm³/mol. The molecule has 7 nitrogen and oxygen atoms in total. The molecule has 2 amide bonds. The number of sulfonamides is 1. The van der Waals surface area contributed by atoms with Crippen molar-refractivity contribution in [3.05, 3.63) is 23.8 Å². The molecule has 4 rings (SSSR count). The Morgan fingerprint density at radius 3 is 2.41 bits per heavy atom. The second-order valence-corrected chi connectivity index (χ2v) is 10.3. The minimum atomic E-state index is -3.50. The van der Waals surface area contributed by atoms with Gasteiger partial charge in [-0.2, -0.15) is 0 Å². The molecule has 0 atom stereocenters. The Morgan fingerprint density at radius 2 is 1.72 bits per heavy atom. The van der Waals surface area contributed by atoms with Crippen LogP contribution in [-0.2, 0) is 26.0 Å². The van der Waals surface area contributed by atoms with Gasteiger partial charge in [0.15, 0.2) is 0 Å². The summed E-state index contributed by atoms with van der Waals surface area (Å²) in [4.78, 5) is 28.9. The maximum Gasteiger partial charge on any atom is 0.240 e. The number of carbonyl (C=O) groups is 2. The van der Waals surface area contributed by atoms with Crippen LogP contribution in [0.3, 0.4) is 0 Å². The first-order valence-corrected chi connectivity index (χ1v) is 12.1. The largest absolute Gasteiger partial charge is 0.343 e. The van der Waals surface area contributed by atoms with Crippen molar-refractivity contribution in [2.24, 2.45) is 5.92 Å². The molecule has 1 saturated carbocycles. The molecule has 0 bridgehead atoms. The first-order chi connectivity index (χ1) is 13.8. The highest BCUT2D eigenvalue weighted by atomic mass is 32.2. The molecule has 0 radical (unpaired) electrons. The number of nitrogens with zero attached hydrogens (tertiary/aromatic N) is 2. The maximum atomic E-state index is 12.7. The van der Waals surface area contributed by atoms with E-state index in [4.69, 9.17) is 0 Å². The fourth-order valence-corrected chi connectivity index (χ4v) is 5.41. The van der Waals surface area contributed by atoms with Crippen molar-refractivity contribution in [1.82, 2.24) is 9.62 Å². The summed E-state index contributed by atoms with van der Waals surface area (Å²) in [5.41, 5.74) is 1.63. The quantitative estimate of drug-likeness (QED) is 0.765. The number of fused-ring (bicyclic) bond motifs is 1. The molecule has 0 aromatic heterocycles. The molecule has 1 aliphatic carbocycles. The summed E-state index contributed by atoms with van der Waals surface area (Å²) < 4.78 is 27.5. The van der Waals surface area contributed by atoms with Gasteiger partial charge in [0.1, 0.15) is 0 Å². The second-order valence-electron chi connectivity index (χ2n) is 8.54.